The lowest BCUT2D eigenvalue weighted by Crippen LogP contribution is -2.24. The van der Waals surface area contributed by atoms with Crippen LogP contribution in [0.15, 0.2) is 65.1 Å². The van der Waals surface area contributed by atoms with E-state index in [1.54, 1.807) is 36.4 Å². The van der Waals surface area contributed by atoms with Crippen LogP contribution in [0, 0.1) is 0 Å². The number of para-hydroxylation sites is 1. The van der Waals surface area contributed by atoms with Crippen molar-refractivity contribution in [2.24, 2.45) is 0 Å². The van der Waals surface area contributed by atoms with E-state index in [0.29, 0.717) is 44.7 Å². The fourth-order valence-electron chi connectivity index (χ4n) is 5.54. The van der Waals surface area contributed by atoms with E-state index in [4.69, 9.17) is 4.74 Å². The largest absolute Gasteiger partial charge is 0.507 e. The number of hydrogen-bond acceptors (Lipinski definition) is 4. The molecule has 216 valence electrons. The van der Waals surface area contributed by atoms with Gasteiger partial charge in [0.1, 0.15) is 5.75 Å². The SMILES string of the molecule is CC(C)(C)c1cc(CCC(=O)Oc2cccc3ccc(C4C(=O)c5c(Br)cccc5C4=[OH+])[nH+]c23)cc(C(C)(C)C)c1O. The van der Waals surface area contributed by atoms with Gasteiger partial charge < -0.3 is 9.84 Å². The molecule has 1 aromatic heterocycles. The predicted octanol–water partition coefficient (Wildman–Crippen LogP) is 7.13. The summed E-state index contributed by atoms with van der Waals surface area (Å²) < 4.78 is 6.47. The molecule has 0 aliphatic heterocycles. The van der Waals surface area contributed by atoms with E-state index in [9.17, 15) is 19.5 Å². The molecule has 6 nitrogen and oxygen atoms in total. The number of Topliss-reactive ketones (excluding diaryl/α,β-unsaturated/α-hetero) is 1. The van der Waals surface area contributed by atoms with Gasteiger partial charge in [-0.3, -0.25) is 14.4 Å². The molecule has 1 aliphatic carbocycles. The van der Waals surface area contributed by atoms with E-state index >= 15 is 0 Å². The number of H-pyrrole nitrogens is 1. The van der Waals surface area contributed by atoms with E-state index in [1.807, 2.05) is 24.3 Å². The number of aryl methyl sites for hydroxylation is 1. The summed E-state index contributed by atoms with van der Waals surface area (Å²) >= 11 is 3.43. The van der Waals surface area contributed by atoms with Crippen LogP contribution in [0.5, 0.6) is 11.5 Å². The molecular formula is C35H36BrNO5+2. The van der Waals surface area contributed by atoms with Crippen molar-refractivity contribution in [3.8, 4) is 11.5 Å². The van der Waals surface area contributed by atoms with Crippen molar-refractivity contribution < 1.29 is 29.2 Å². The lowest BCUT2D eigenvalue weighted by molar-refractivity contribution is -0.357. The lowest BCUT2D eigenvalue weighted by atomic mass is 9.78. The van der Waals surface area contributed by atoms with Gasteiger partial charge in [-0.1, -0.05) is 81.7 Å². The summed E-state index contributed by atoms with van der Waals surface area (Å²) in [6.45, 7) is 12.4. The van der Waals surface area contributed by atoms with Crippen LogP contribution < -0.4 is 9.72 Å². The number of benzene rings is 3. The van der Waals surface area contributed by atoms with Crippen LogP contribution in [0.1, 0.15) is 92.2 Å². The molecule has 1 unspecified atom stereocenters. The third-order valence-corrected chi connectivity index (χ3v) is 8.44. The number of aromatic nitrogens is 1. The van der Waals surface area contributed by atoms with Crippen molar-refractivity contribution >= 4 is 44.4 Å². The number of fused-ring (bicyclic) bond motifs is 2. The first-order valence-corrected chi connectivity index (χ1v) is 14.9. The molecule has 1 atom stereocenters. The van der Waals surface area contributed by atoms with Crippen LogP contribution in [0.25, 0.3) is 10.9 Å². The summed E-state index contributed by atoms with van der Waals surface area (Å²) in [4.78, 5) is 40.6. The second kappa shape index (κ2) is 10.8. The highest BCUT2D eigenvalue weighted by molar-refractivity contribution is 9.10. The number of aromatic amines is 1. The van der Waals surface area contributed by atoms with Gasteiger partial charge in [0.2, 0.25) is 17.4 Å². The van der Waals surface area contributed by atoms with E-state index in [0.717, 1.165) is 22.1 Å². The number of aromatic hydroxyl groups is 1. The maximum atomic E-state index is 13.3. The number of esters is 1. The van der Waals surface area contributed by atoms with Crippen molar-refractivity contribution in [2.45, 2.75) is 71.1 Å². The zero-order valence-corrected chi connectivity index (χ0v) is 26.3. The molecule has 1 heterocycles. The molecular weight excluding hydrogens is 594 g/mol. The Labute approximate surface area is 254 Å². The standard InChI is InChI=1S/C35H34BrNO5/c1-34(2,3)22-17-19(18-23(32(22)40)35(4,5)6)13-16-27(38)42-26-12-7-9-20-14-15-25(37-30(20)26)29-31(39)21-10-8-11-24(36)28(21)33(29)41/h7-12,14-15,17-18,29,40H,13,16H2,1-6H3/p+2. The monoisotopic (exact) mass is 629 g/mol. The van der Waals surface area contributed by atoms with Gasteiger partial charge in [0.15, 0.2) is 5.78 Å². The fourth-order valence-corrected chi connectivity index (χ4v) is 6.10. The molecule has 0 radical (unpaired) electrons. The summed E-state index contributed by atoms with van der Waals surface area (Å²) in [7, 11) is 0. The van der Waals surface area contributed by atoms with Crippen LogP contribution in [0.4, 0.5) is 0 Å². The van der Waals surface area contributed by atoms with Crippen LogP contribution in [-0.2, 0) is 22.0 Å². The molecule has 0 saturated carbocycles. The number of ketones is 2. The van der Waals surface area contributed by atoms with Gasteiger partial charge in [-0.2, -0.15) is 0 Å². The van der Waals surface area contributed by atoms with Crippen LogP contribution in [0.3, 0.4) is 0 Å². The van der Waals surface area contributed by atoms with E-state index in [2.05, 4.69) is 62.5 Å². The Kier molecular flexibility index (Phi) is 7.60. The van der Waals surface area contributed by atoms with Gasteiger partial charge in [0.25, 0.3) is 5.52 Å². The highest BCUT2D eigenvalue weighted by atomic mass is 79.9. The molecule has 5 rings (SSSR count). The second-order valence-corrected chi connectivity index (χ2v) is 13.8. The Hall–Kier alpha value is -3.84. The number of hydrogen-bond donors (Lipinski definition) is 1. The smallest absolute Gasteiger partial charge is 0.345 e. The number of phenols is 1. The maximum Gasteiger partial charge on any atom is 0.345 e. The van der Waals surface area contributed by atoms with Gasteiger partial charge in [0, 0.05) is 22.5 Å². The highest BCUT2D eigenvalue weighted by Crippen LogP contribution is 2.40. The van der Waals surface area contributed by atoms with E-state index in [-0.39, 0.29) is 28.8 Å². The van der Waals surface area contributed by atoms with Crippen molar-refractivity contribution in [1.29, 1.82) is 0 Å². The molecule has 7 heteroatoms. The topological polar surface area (TPSA) is 99.1 Å². The number of pyridine rings is 1. The van der Waals surface area contributed by atoms with Crippen molar-refractivity contribution in [3.05, 3.63) is 98.6 Å². The summed E-state index contributed by atoms with van der Waals surface area (Å²) in [5.41, 5.74) is 4.16. The number of phenolic OH excluding ortho intramolecular Hbond substituents is 1. The molecule has 42 heavy (non-hydrogen) atoms. The first-order valence-electron chi connectivity index (χ1n) is 14.1. The second-order valence-electron chi connectivity index (χ2n) is 13.0. The van der Waals surface area contributed by atoms with Crippen LogP contribution in [0.2, 0.25) is 0 Å². The maximum absolute atomic E-state index is 13.3. The molecule has 0 spiro atoms. The van der Waals surface area contributed by atoms with Crippen LogP contribution in [-0.4, -0.2) is 27.4 Å². The molecule has 0 fully saturated rings. The molecule has 0 bridgehead atoms. The summed E-state index contributed by atoms with van der Waals surface area (Å²) in [5.74, 6) is -0.845. The van der Waals surface area contributed by atoms with Gasteiger partial charge in [0.05, 0.1) is 10.9 Å². The van der Waals surface area contributed by atoms with E-state index < -0.39 is 11.9 Å². The zero-order valence-electron chi connectivity index (χ0n) is 24.8. The molecule has 3 N–H and O–H groups in total. The van der Waals surface area contributed by atoms with Gasteiger partial charge in [-0.15, -0.1) is 0 Å². The van der Waals surface area contributed by atoms with Crippen molar-refractivity contribution in [1.82, 2.24) is 0 Å². The zero-order chi connectivity index (χ0) is 30.6. The Balaban J connectivity index is 1.40. The van der Waals surface area contributed by atoms with Crippen LogP contribution >= 0.6 is 15.9 Å². The fraction of sp³-hybridized carbons (Fsp3) is 0.314. The minimum absolute atomic E-state index is 0.0143. The Morgan fingerprint density at radius 1 is 0.976 bits per heavy atom. The normalized spacial score (nSPS) is 15.3. The van der Waals surface area contributed by atoms with Gasteiger partial charge >= 0.3 is 11.8 Å². The minimum Gasteiger partial charge on any atom is -0.507 e. The lowest BCUT2D eigenvalue weighted by Gasteiger charge is -2.28. The summed E-state index contributed by atoms with van der Waals surface area (Å²) in [5, 5.41) is 11.8. The summed E-state index contributed by atoms with van der Waals surface area (Å²) in [6.07, 6.45) is 0.602. The molecule has 0 amide bonds. The third kappa shape index (κ3) is 5.50. The Bertz CT molecular complexity index is 1720. The predicted molar refractivity (Wildman–Crippen MR) is 167 cm³/mol. The minimum atomic E-state index is -0.879. The van der Waals surface area contributed by atoms with E-state index in [1.165, 1.54) is 0 Å². The number of nitrogens with one attached hydrogen (secondary N) is 1. The van der Waals surface area contributed by atoms with Crippen molar-refractivity contribution in [2.75, 3.05) is 0 Å². The summed E-state index contributed by atoms with van der Waals surface area (Å²) in [6, 6.07) is 18.3. The first kappa shape index (κ1) is 29.6. The average Bonchev–Trinajstić information content (AvgIpc) is 3.17. The van der Waals surface area contributed by atoms with Gasteiger partial charge in [-0.25, -0.2) is 4.98 Å². The number of rotatable bonds is 5. The number of halogens is 1. The molecule has 4 aromatic rings. The third-order valence-electron chi connectivity index (χ3n) is 7.78. The number of ether oxygens (including phenoxy) is 1. The van der Waals surface area contributed by atoms with Crippen molar-refractivity contribution in [3.63, 3.8) is 0 Å². The molecule has 0 saturated heterocycles. The number of carbonyl (C=O) groups is 2. The number of carbonyl (C=O) groups excluding carboxylic acids is 3. The quantitative estimate of drug-likeness (QED) is 0.110. The Morgan fingerprint density at radius 2 is 1.62 bits per heavy atom. The highest BCUT2D eigenvalue weighted by Gasteiger charge is 2.49. The van der Waals surface area contributed by atoms with Gasteiger partial charge in [-0.05, 0) is 64.3 Å². The molecule has 1 aliphatic rings. The average molecular weight is 631 g/mol. The Morgan fingerprint density at radius 3 is 2.24 bits per heavy atom. The molecule has 3 aromatic carbocycles. The first-order chi connectivity index (χ1) is 19.7.